The van der Waals surface area contributed by atoms with E-state index in [9.17, 15) is 0 Å². The first-order valence-electron chi connectivity index (χ1n) is 9.74. The number of fused-ring (bicyclic) bond motifs is 1. The van der Waals surface area contributed by atoms with Crippen molar-refractivity contribution in [1.29, 1.82) is 0 Å². The van der Waals surface area contributed by atoms with Crippen molar-refractivity contribution in [2.24, 2.45) is 17.8 Å². The second-order valence-electron chi connectivity index (χ2n) is 8.32. The molecule has 2 aromatic heterocycles. The normalized spacial score (nSPS) is 32.2. The SMILES string of the molecule is c1cc2ccc(-c3ccc(OC4C5CC6CC4CN(C6)C5)cn3)cc2[nH]1. The molecular formula is C22H23N3O. The Labute approximate surface area is 153 Å². The van der Waals surface area contributed by atoms with Crippen molar-refractivity contribution in [2.75, 3.05) is 19.6 Å². The third-order valence-corrected chi connectivity index (χ3v) is 6.56. The van der Waals surface area contributed by atoms with Crippen LogP contribution in [0.3, 0.4) is 0 Å². The number of pyridine rings is 1. The second-order valence-corrected chi connectivity index (χ2v) is 8.32. The lowest BCUT2D eigenvalue weighted by Gasteiger charge is -2.55. The van der Waals surface area contributed by atoms with Crippen LogP contribution >= 0.6 is 0 Å². The van der Waals surface area contributed by atoms with E-state index in [0.717, 1.165) is 28.4 Å². The van der Waals surface area contributed by atoms with Crippen LogP contribution in [0, 0.1) is 17.8 Å². The van der Waals surface area contributed by atoms with Crippen LogP contribution in [0.5, 0.6) is 5.75 Å². The van der Waals surface area contributed by atoms with Crippen molar-refractivity contribution in [3.63, 3.8) is 0 Å². The Morgan fingerprint density at radius 1 is 1.00 bits per heavy atom. The highest BCUT2D eigenvalue weighted by molar-refractivity contribution is 5.84. The molecular weight excluding hydrogens is 322 g/mol. The number of piperidine rings is 3. The highest BCUT2D eigenvalue weighted by Crippen LogP contribution is 2.44. The van der Waals surface area contributed by atoms with Crippen molar-refractivity contribution in [1.82, 2.24) is 14.9 Å². The molecule has 1 aromatic carbocycles. The largest absolute Gasteiger partial charge is 0.488 e. The summed E-state index contributed by atoms with van der Waals surface area (Å²) in [6.07, 6.45) is 6.95. The van der Waals surface area contributed by atoms with Crippen LogP contribution in [0.4, 0.5) is 0 Å². The maximum absolute atomic E-state index is 6.44. The molecule has 4 fully saturated rings. The standard InChI is InChI=1S/C22H23N3O/c1-2-16(9-21-15(1)5-6-23-21)20-4-3-19(10-24-20)26-22-17-7-14-8-18(22)13-25(11-14)12-17/h1-6,9-10,14,17-18,22-23H,7-8,11-13H2. The number of aromatic amines is 1. The van der Waals surface area contributed by atoms with Gasteiger partial charge in [0, 0.05) is 48.7 Å². The van der Waals surface area contributed by atoms with Crippen LogP contribution < -0.4 is 4.74 Å². The van der Waals surface area contributed by atoms with Crippen molar-refractivity contribution in [3.8, 4) is 17.0 Å². The monoisotopic (exact) mass is 345 g/mol. The number of nitrogens with zero attached hydrogens (tertiary/aromatic N) is 2. The van der Waals surface area contributed by atoms with Gasteiger partial charge in [0.1, 0.15) is 11.9 Å². The number of benzene rings is 1. The summed E-state index contributed by atoms with van der Waals surface area (Å²) < 4.78 is 6.44. The molecule has 2 unspecified atom stereocenters. The molecule has 1 aliphatic carbocycles. The van der Waals surface area contributed by atoms with E-state index in [-0.39, 0.29) is 0 Å². The summed E-state index contributed by atoms with van der Waals surface area (Å²) in [6.45, 7) is 3.76. The fourth-order valence-corrected chi connectivity index (χ4v) is 5.54. The highest BCUT2D eigenvalue weighted by atomic mass is 16.5. The zero-order valence-electron chi connectivity index (χ0n) is 14.8. The summed E-state index contributed by atoms with van der Waals surface area (Å²) in [4.78, 5) is 10.6. The van der Waals surface area contributed by atoms with Gasteiger partial charge in [-0.05, 0) is 48.4 Å². The molecule has 4 aliphatic rings. The van der Waals surface area contributed by atoms with Gasteiger partial charge in [-0.15, -0.1) is 0 Å². The van der Waals surface area contributed by atoms with Crippen molar-refractivity contribution in [2.45, 2.75) is 18.9 Å². The molecule has 0 amide bonds. The van der Waals surface area contributed by atoms with Crippen LogP contribution in [0.15, 0.2) is 48.8 Å². The van der Waals surface area contributed by atoms with Gasteiger partial charge >= 0.3 is 0 Å². The van der Waals surface area contributed by atoms with E-state index in [1.165, 1.54) is 37.9 Å². The smallest absolute Gasteiger partial charge is 0.138 e. The van der Waals surface area contributed by atoms with Crippen LogP contribution in [0.25, 0.3) is 22.2 Å². The Kier molecular flexibility index (Phi) is 3.18. The summed E-state index contributed by atoms with van der Waals surface area (Å²) in [5.74, 6) is 3.24. The molecule has 26 heavy (non-hydrogen) atoms. The quantitative estimate of drug-likeness (QED) is 0.781. The Morgan fingerprint density at radius 2 is 1.88 bits per heavy atom. The lowest BCUT2D eigenvalue weighted by molar-refractivity contribution is -0.0985. The van der Waals surface area contributed by atoms with Gasteiger partial charge in [-0.1, -0.05) is 12.1 Å². The molecule has 3 aliphatic heterocycles. The van der Waals surface area contributed by atoms with Gasteiger partial charge in [0.2, 0.25) is 0 Å². The van der Waals surface area contributed by atoms with Gasteiger partial charge in [0.05, 0.1) is 11.9 Å². The van der Waals surface area contributed by atoms with Crippen LogP contribution in [0.2, 0.25) is 0 Å². The van der Waals surface area contributed by atoms with Gasteiger partial charge in [0.15, 0.2) is 0 Å². The van der Waals surface area contributed by atoms with E-state index >= 15 is 0 Å². The minimum absolute atomic E-state index is 0.380. The second kappa shape index (κ2) is 5.58. The lowest BCUT2D eigenvalue weighted by atomic mass is 9.66. The molecule has 0 spiro atoms. The molecule has 0 radical (unpaired) electrons. The predicted octanol–water partition coefficient (Wildman–Crippen LogP) is 3.95. The van der Waals surface area contributed by atoms with Crippen LogP contribution in [-0.4, -0.2) is 40.6 Å². The summed E-state index contributed by atoms with van der Waals surface area (Å²) in [7, 11) is 0. The van der Waals surface area contributed by atoms with E-state index in [0.29, 0.717) is 17.9 Å². The first-order valence-corrected chi connectivity index (χ1v) is 9.74. The van der Waals surface area contributed by atoms with Crippen LogP contribution in [0.1, 0.15) is 12.8 Å². The van der Waals surface area contributed by atoms with E-state index in [4.69, 9.17) is 4.74 Å². The Morgan fingerprint density at radius 3 is 2.65 bits per heavy atom. The van der Waals surface area contributed by atoms with Gasteiger partial charge in [-0.3, -0.25) is 4.98 Å². The number of hydrogen-bond donors (Lipinski definition) is 1. The molecule has 132 valence electrons. The number of nitrogens with one attached hydrogen (secondary N) is 1. The fourth-order valence-electron chi connectivity index (χ4n) is 5.54. The Bertz CT molecular complexity index is 917. The zero-order valence-corrected chi connectivity index (χ0v) is 14.8. The lowest BCUT2D eigenvalue weighted by Crippen LogP contribution is -2.61. The number of ether oxygens (including phenoxy) is 1. The number of H-pyrrole nitrogens is 1. The Hall–Kier alpha value is -2.33. The summed E-state index contributed by atoms with van der Waals surface area (Å²) in [6, 6.07) is 12.7. The minimum atomic E-state index is 0.380. The third-order valence-electron chi connectivity index (χ3n) is 6.56. The highest BCUT2D eigenvalue weighted by Gasteiger charge is 2.48. The molecule has 4 nitrogen and oxygen atoms in total. The average Bonchev–Trinajstić information content (AvgIpc) is 3.12. The predicted molar refractivity (Wildman–Crippen MR) is 102 cm³/mol. The zero-order chi connectivity index (χ0) is 17.1. The van der Waals surface area contributed by atoms with E-state index < -0.39 is 0 Å². The van der Waals surface area contributed by atoms with Crippen molar-refractivity contribution >= 4 is 10.9 Å². The first kappa shape index (κ1) is 14.8. The van der Waals surface area contributed by atoms with Crippen molar-refractivity contribution in [3.05, 3.63) is 48.8 Å². The van der Waals surface area contributed by atoms with E-state index in [2.05, 4.69) is 51.3 Å². The molecule has 4 heteroatoms. The number of aromatic nitrogens is 2. The molecule has 1 N–H and O–H groups in total. The molecule has 5 heterocycles. The number of rotatable bonds is 3. The fraction of sp³-hybridized carbons (Fsp3) is 0.409. The molecule has 3 aromatic rings. The third kappa shape index (κ3) is 2.36. The molecule has 7 rings (SSSR count). The first-order chi connectivity index (χ1) is 12.8. The molecule has 2 atom stereocenters. The molecule has 3 saturated heterocycles. The maximum Gasteiger partial charge on any atom is 0.138 e. The van der Waals surface area contributed by atoms with Gasteiger partial charge in [-0.2, -0.15) is 0 Å². The van der Waals surface area contributed by atoms with Crippen molar-refractivity contribution < 1.29 is 4.74 Å². The maximum atomic E-state index is 6.44. The molecule has 4 bridgehead atoms. The summed E-state index contributed by atoms with van der Waals surface area (Å²) in [5.41, 5.74) is 3.27. The van der Waals surface area contributed by atoms with Gasteiger partial charge < -0.3 is 14.6 Å². The van der Waals surface area contributed by atoms with Gasteiger partial charge in [0.25, 0.3) is 0 Å². The Balaban J connectivity index is 1.23. The summed E-state index contributed by atoms with van der Waals surface area (Å²) in [5, 5.41) is 1.23. The van der Waals surface area contributed by atoms with Crippen LogP contribution in [-0.2, 0) is 0 Å². The number of hydrogen-bond acceptors (Lipinski definition) is 3. The van der Waals surface area contributed by atoms with E-state index in [1.807, 2.05) is 12.4 Å². The summed E-state index contributed by atoms with van der Waals surface area (Å²) >= 11 is 0. The average molecular weight is 345 g/mol. The minimum Gasteiger partial charge on any atom is -0.488 e. The topological polar surface area (TPSA) is 41.1 Å². The van der Waals surface area contributed by atoms with E-state index in [1.54, 1.807) is 0 Å². The molecule has 1 saturated carbocycles. The van der Waals surface area contributed by atoms with Gasteiger partial charge in [-0.25, -0.2) is 0 Å².